The summed E-state index contributed by atoms with van der Waals surface area (Å²) in [6, 6.07) is 6.98. The number of hydrazine groups is 1. The highest BCUT2D eigenvalue weighted by Crippen LogP contribution is 2.46. The maximum atomic E-state index is 14.7. The Hall–Kier alpha value is -3.90. The number of aryl methyl sites for hydroxylation is 1. The van der Waals surface area contributed by atoms with Crippen LogP contribution in [0.15, 0.2) is 54.6 Å². The van der Waals surface area contributed by atoms with Gasteiger partial charge in [0.1, 0.15) is 18.1 Å². The lowest BCUT2D eigenvalue weighted by Gasteiger charge is -2.47. The predicted molar refractivity (Wildman–Crippen MR) is 313 cm³/mol. The van der Waals surface area contributed by atoms with Crippen molar-refractivity contribution in [2.45, 2.75) is 129 Å². The van der Waals surface area contributed by atoms with Crippen molar-refractivity contribution < 1.29 is 33.4 Å². The number of fused-ring (bicyclic) bond motifs is 6. The Balaban J connectivity index is 0.00000281. The van der Waals surface area contributed by atoms with Crippen LogP contribution in [0.5, 0.6) is 0 Å². The summed E-state index contributed by atoms with van der Waals surface area (Å²) in [7, 11) is 3.31. The summed E-state index contributed by atoms with van der Waals surface area (Å²) < 4.78 is 14.3. The number of amides is 5. The van der Waals surface area contributed by atoms with Gasteiger partial charge in [-0.2, -0.15) is 67.5 Å². The van der Waals surface area contributed by atoms with Crippen LogP contribution in [0.4, 0.5) is 4.79 Å². The second kappa shape index (κ2) is 25.8. The summed E-state index contributed by atoms with van der Waals surface area (Å²) in [5.41, 5.74) is 8.84. The van der Waals surface area contributed by atoms with E-state index in [0.29, 0.717) is 50.4 Å². The van der Waals surface area contributed by atoms with E-state index in [9.17, 15) is 24.0 Å². The summed E-state index contributed by atoms with van der Waals surface area (Å²) in [5.74, 6) is -1.84. The quantitative estimate of drug-likeness (QED) is 0.130. The molecule has 3 fully saturated rings. The number of hydrogen-bond donors (Lipinski definition) is 2. The number of hydrogen-bond acceptors (Lipinski definition) is 11. The first-order valence-corrected chi connectivity index (χ1v) is 24.9. The van der Waals surface area contributed by atoms with E-state index in [1.807, 2.05) is 44.0 Å². The third-order valence-electron chi connectivity index (χ3n) is 14.3. The fourth-order valence-electron chi connectivity index (χ4n) is 10.4. The number of pyridine rings is 1. The molecule has 6 heterocycles. The van der Waals surface area contributed by atoms with Gasteiger partial charge in [-0.25, -0.2) is 15.2 Å². The Labute approximate surface area is 469 Å². The molecule has 4 aromatic rings. The summed E-state index contributed by atoms with van der Waals surface area (Å²) in [6.45, 7) is 19.5. The van der Waals surface area contributed by atoms with Crippen LogP contribution in [0.2, 0.25) is 0 Å². The smallest absolute Gasteiger partial charge is 0.324 e. The molecule has 8 rings (SSSR count). The van der Waals surface area contributed by atoms with Crippen LogP contribution >= 0.6 is 78.8 Å². The average molecular weight is 1120 g/mol. The first-order chi connectivity index (χ1) is 32.4. The zero-order valence-corrected chi connectivity index (χ0v) is 49.3. The molecule has 6 bridgehead atoms. The van der Waals surface area contributed by atoms with Gasteiger partial charge in [0.25, 0.3) is 5.91 Å². The van der Waals surface area contributed by atoms with E-state index >= 15 is 0 Å². The molecule has 2 saturated heterocycles. The normalized spacial score (nSPS) is 20.8. The molecule has 5 amide bonds. The molecule has 3 aliphatic heterocycles. The first-order valence-electron chi connectivity index (χ1n) is 24.0. The van der Waals surface area contributed by atoms with Crippen LogP contribution in [-0.2, 0) is 48.0 Å². The number of benzene rings is 1. The van der Waals surface area contributed by atoms with Crippen LogP contribution in [0.3, 0.4) is 0 Å². The number of aromatic nitrogens is 3. The molecule has 0 unspecified atom stereocenters. The van der Waals surface area contributed by atoms with Gasteiger partial charge in [0.15, 0.2) is 0 Å². The van der Waals surface area contributed by atoms with Crippen LogP contribution in [-0.4, -0.2) is 134 Å². The van der Waals surface area contributed by atoms with E-state index in [1.165, 1.54) is 27.3 Å². The summed E-state index contributed by atoms with van der Waals surface area (Å²) >= 11 is 1.41. The van der Waals surface area contributed by atoms with Gasteiger partial charge in [-0.15, -0.1) is 11.3 Å². The molecule has 1 aromatic carbocycles. The summed E-state index contributed by atoms with van der Waals surface area (Å²) in [5, 5.41) is 8.15. The number of rotatable bonds is 9. The van der Waals surface area contributed by atoms with Crippen LogP contribution in [0.1, 0.15) is 96.5 Å². The van der Waals surface area contributed by atoms with Gasteiger partial charge in [0.05, 0.1) is 40.3 Å². The summed E-state index contributed by atoms with van der Waals surface area (Å²) in [6.07, 6.45) is 6.08. The SMILES string of the molecule is C=CC(=O)N1C[C@H](C)N(C(=O)N(C)[C@H](C(=O)N[C@H]2Cc3nc(cs3)-c3ccc4c(c3)c(c(-c3cccnc3[C@H](C)OC)n4CC)CC(C)(C)COC(=O)[C@@H]3CCCN(N3)C2=O)C(C)C)CC12CC2.S.S.S.S.S. The van der Waals surface area contributed by atoms with E-state index < -0.39 is 46.9 Å². The van der Waals surface area contributed by atoms with E-state index in [0.717, 1.165) is 57.5 Å². The Kier molecular flexibility index (Phi) is 22.4. The lowest BCUT2D eigenvalue weighted by atomic mass is 9.84. The molecule has 2 N–H and O–H groups in total. The molecule has 0 radical (unpaired) electrons. The number of piperazine rings is 1. The molecule has 22 heteroatoms. The van der Waals surface area contributed by atoms with Crippen molar-refractivity contribution in [2.75, 3.05) is 40.4 Å². The Bertz CT molecular complexity index is 2620. The molecule has 16 nitrogen and oxygen atoms in total. The zero-order valence-electron chi connectivity index (χ0n) is 43.5. The van der Waals surface area contributed by atoms with Gasteiger partial charge in [0.2, 0.25) is 11.8 Å². The second-order valence-electron chi connectivity index (χ2n) is 20.2. The Morgan fingerprint density at radius 1 is 1.10 bits per heavy atom. The maximum Gasteiger partial charge on any atom is 0.324 e. The standard InChI is InChI=1S/C51H67N9O7S.5H2S/c1-11-42(61)59-26-31(5)58(28-51(59)19-20-51)49(65)56(9)44(30(3)4)46(62)54-38-24-41-53-39(27-68-41)33-17-18-40-35(23-33)36(45(57(40)12-2)34-15-13-21-52-43(34)32(6)66-10)25-50(7,8)29-67-48(64)37-16-14-22-60(55-37)47(38)63;;;;;/h11,13,15,17-18,21,23,27,30-32,37-38,44,55H,1,12,14,16,19-20,22,24-26,28-29H2,2-10H3,(H,54,62);5*1H2/t31-,32-,37-,38-,44-;;;;;/m0...../s1. The number of nitrogens with zero attached hydrogens (tertiary/aromatic N) is 7. The van der Waals surface area contributed by atoms with E-state index in [-0.39, 0.29) is 111 Å². The Morgan fingerprint density at radius 2 is 1.81 bits per heavy atom. The fraction of sp³-hybridized carbons (Fsp3) is 0.549. The lowest BCUT2D eigenvalue weighted by molar-refractivity contribution is -0.155. The van der Waals surface area contributed by atoms with Crippen molar-refractivity contribution in [1.29, 1.82) is 0 Å². The van der Waals surface area contributed by atoms with Gasteiger partial charge in [-0.05, 0) is 94.7 Å². The van der Waals surface area contributed by atoms with Crippen molar-refractivity contribution in [1.82, 2.24) is 45.0 Å². The highest BCUT2D eigenvalue weighted by molar-refractivity contribution is 7.60. The number of esters is 1. The lowest BCUT2D eigenvalue weighted by Crippen LogP contribution is -2.65. The number of cyclic esters (lactones) is 1. The molecule has 1 aliphatic carbocycles. The minimum atomic E-state index is -1.09. The van der Waals surface area contributed by atoms with Crippen LogP contribution in [0, 0.1) is 11.3 Å². The largest absolute Gasteiger partial charge is 0.464 e. The second-order valence-corrected chi connectivity index (χ2v) is 21.2. The van der Waals surface area contributed by atoms with Crippen molar-refractivity contribution in [2.24, 2.45) is 11.3 Å². The number of ether oxygens (including phenoxy) is 2. The molecular weight excluding hydrogens is 1040 g/mol. The van der Waals surface area contributed by atoms with Gasteiger partial charge >= 0.3 is 12.0 Å². The molecule has 1 spiro atoms. The van der Waals surface area contributed by atoms with Crippen LogP contribution < -0.4 is 10.7 Å². The van der Waals surface area contributed by atoms with Crippen molar-refractivity contribution in [3.05, 3.63) is 70.8 Å². The van der Waals surface area contributed by atoms with E-state index in [1.54, 1.807) is 25.3 Å². The van der Waals surface area contributed by atoms with Crippen molar-refractivity contribution >= 4 is 119 Å². The first kappa shape index (κ1) is 63.4. The fourth-order valence-corrected chi connectivity index (χ4v) is 11.3. The maximum absolute atomic E-state index is 14.7. The molecule has 1 saturated carbocycles. The number of nitrogens with one attached hydrogen (secondary N) is 2. The molecule has 3 aromatic heterocycles. The minimum absolute atomic E-state index is 0. The molecule has 4 aliphatic rings. The zero-order chi connectivity index (χ0) is 48.8. The van der Waals surface area contributed by atoms with Gasteiger partial charge in [-0.1, -0.05) is 40.3 Å². The number of thiazole rings is 1. The highest BCUT2D eigenvalue weighted by atomic mass is 32.1. The molecule has 5 atom stereocenters. The number of methoxy groups -OCH3 is 1. The topological polar surface area (TPSA) is 172 Å². The monoisotopic (exact) mass is 1120 g/mol. The number of likely N-dealkylation sites (N-methyl/N-ethyl adjacent to an activating group) is 1. The average Bonchev–Trinajstić information content (AvgIpc) is 3.82. The van der Waals surface area contributed by atoms with Crippen LogP contribution in [0.25, 0.3) is 33.4 Å². The van der Waals surface area contributed by atoms with Crippen molar-refractivity contribution in [3.8, 4) is 22.5 Å². The predicted octanol–water partition coefficient (Wildman–Crippen LogP) is 7.09. The number of urea groups is 1. The minimum Gasteiger partial charge on any atom is -0.464 e. The van der Waals surface area contributed by atoms with Gasteiger partial charge in [0, 0.05) is 91.8 Å². The van der Waals surface area contributed by atoms with Gasteiger partial charge in [-0.3, -0.25) is 29.2 Å². The number of carbonyl (C=O) groups excluding carboxylic acids is 5. The third kappa shape index (κ3) is 12.9. The molecule has 404 valence electrons. The third-order valence-corrected chi connectivity index (χ3v) is 15.2. The number of carbonyl (C=O) groups is 5. The van der Waals surface area contributed by atoms with Gasteiger partial charge < -0.3 is 34.1 Å². The summed E-state index contributed by atoms with van der Waals surface area (Å²) in [4.78, 5) is 85.5. The highest BCUT2D eigenvalue weighted by Gasteiger charge is 2.56. The van der Waals surface area contributed by atoms with Crippen molar-refractivity contribution in [3.63, 3.8) is 0 Å². The molecule has 73 heavy (non-hydrogen) atoms. The van der Waals surface area contributed by atoms with E-state index in [2.05, 4.69) is 66.9 Å². The Morgan fingerprint density at radius 3 is 2.45 bits per heavy atom. The molecular formula is C51H77N9O7S6. The van der Waals surface area contributed by atoms with E-state index in [4.69, 9.17) is 19.4 Å².